The number of hydrogen-bond acceptors (Lipinski definition) is 6. The second-order valence-electron chi connectivity index (χ2n) is 5.85. The largest absolute Gasteiger partial charge is 0.370 e. The smallest absolute Gasteiger partial charge is 0.241 e. The van der Waals surface area contributed by atoms with Crippen molar-refractivity contribution < 1.29 is 9.26 Å². The lowest BCUT2D eigenvalue weighted by Gasteiger charge is -2.41. The standard InChI is InChI=1S/C14H19N3O2S/c1-10-7-17(9-14(2,3)18-10)8-12-15-13(16-19-12)11-5-4-6-20-11/h4-6,10H,7-9H2,1-3H3. The maximum atomic E-state index is 5.90. The molecular formula is C14H19N3O2S. The number of nitrogens with zero attached hydrogens (tertiary/aromatic N) is 3. The van der Waals surface area contributed by atoms with Gasteiger partial charge in [0.15, 0.2) is 0 Å². The van der Waals surface area contributed by atoms with Crippen LogP contribution in [-0.2, 0) is 11.3 Å². The quantitative estimate of drug-likeness (QED) is 0.871. The first-order chi connectivity index (χ1) is 9.52. The van der Waals surface area contributed by atoms with Crippen LogP contribution in [0.1, 0.15) is 26.7 Å². The van der Waals surface area contributed by atoms with Crippen molar-refractivity contribution in [2.45, 2.75) is 39.0 Å². The first-order valence-corrected chi connectivity index (χ1v) is 7.66. The maximum Gasteiger partial charge on any atom is 0.241 e. The average molecular weight is 293 g/mol. The fourth-order valence-corrected chi connectivity index (χ4v) is 3.37. The molecule has 0 spiro atoms. The van der Waals surface area contributed by atoms with E-state index in [4.69, 9.17) is 9.26 Å². The van der Waals surface area contributed by atoms with Gasteiger partial charge in [0.1, 0.15) is 0 Å². The Balaban J connectivity index is 1.69. The lowest BCUT2D eigenvalue weighted by atomic mass is 10.1. The van der Waals surface area contributed by atoms with Crippen molar-refractivity contribution >= 4 is 11.3 Å². The molecule has 2 aromatic rings. The van der Waals surface area contributed by atoms with E-state index in [-0.39, 0.29) is 11.7 Å². The van der Waals surface area contributed by atoms with Crippen molar-refractivity contribution in [3.63, 3.8) is 0 Å². The molecular weight excluding hydrogens is 274 g/mol. The van der Waals surface area contributed by atoms with Gasteiger partial charge in [-0.2, -0.15) is 4.98 Å². The van der Waals surface area contributed by atoms with Gasteiger partial charge in [-0.25, -0.2) is 0 Å². The lowest BCUT2D eigenvalue weighted by Crippen LogP contribution is -2.51. The van der Waals surface area contributed by atoms with Crippen LogP contribution in [-0.4, -0.2) is 39.8 Å². The third-order valence-corrected chi connectivity index (χ3v) is 4.07. The van der Waals surface area contributed by atoms with Gasteiger partial charge in [-0.05, 0) is 32.2 Å². The summed E-state index contributed by atoms with van der Waals surface area (Å²) in [4.78, 5) is 7.81. The Kier molecular flexibility index (Phi) is 3.62. The van der Waals surface area contributed by atoms with Crippen LogP contribution in [0.4, 0.5) is 0 Å². The predicted molar refractivity (Wildman–Crippen MR) is 77.5 cm³/mol. The van der Waals surface area contributed by atoms with Crippen molar-refractivity contribution in [2.24, 2.45) is 0 Å². The van der Waals surface area contributed by atoms with Gasteiger partial charge < -0.3 is 9.26 Å². The average Bonchev–Trinajstić information content (AvgIpc) is 2.94. The summed E-state index contributed by atoms with van der Waals surface area (Å²) in [5.74, 6) is 1.34. The van der Waals surface area contributed by atoms with E-state index in [2.05, 4.69) is 35.8 Å². The minimum atomic E-state index is -0.131. The van der Waals surface area contributed by atoms with Crippen LogP contribution >= 0.6 is 11.3 Å². The molecule has 0 aromatic carbocycles. The second-order valence-corrected chi connectivity index (χ2v) is 6.79. The van der Waals surface area contributed by atoms with Crippen LogP contribution in [0, 0.1) is 0 Å². The lowest BCUT2D eigenvalue weighted by molar-refractivity contribution is -0.132. The van der Waals surface area contributed by atoms with Crippen molar-refractivity contribution in [3.05, 3.63) is 23.4 Å². The number of thiophene rings is 1. The molecule has 5 nitrogen and oxygen atoms in total. The summed E-state index contributed by atoms with van der Waals surface area (Å²) < 4.78 is 11.3. The number of ether oxygens (including phenoxy) is 1. The topological polar surface area (TPSA) is 51.4 Å². The summed E-state index contributed by atoms with van der Waals surface area (Å²) in [7, 11) is 0. The molecule has 1 aliphatic rings. The van der Waals surface area contributed by atoms with Crippen LogP contribution in [0.25, 0.3) is 10.7 Å². The van der Waals surface area contributed by atoms with Crippen molar-refractivity contribution in [3.8, 4) is 10.7 Å². The van der Waals surface area contributed by atoms with Gasteiger partial charge in [0.05, 0.1) is 23.1 Å². The summed E-state index contributed by atoms with van der Waals surface area (Å²) in [5.41, 5.74) is -0.131. The van der Waals surface area contributed by atoms with Crippen LogP contribution in [0.3, 0.4) is 0 Å². The first-order valence-electron chi connectivity index (χ1n) is 6.78. The zero-order valence-electron chi connectivity index (χ0n) is 12.0. The van der Waals surface area contributed by atoms with Crippen LogP contribution in [0.15, 0.2) is 22.0 Å². The van der Waals surface area contributed by atoms with Crippen LogP contribution < -0.4 is 0 Å². The fourth-order valence-electron chi connectivity index (χ4n) is 2.72. The van der Waals surface area contributed by atoms with E-state index in [9.17, 15) is 0 Å². The van der Waals surface area contributed by atoms with Crippen LogP contribution in [0.5, 0.6) is 0 Å². The van der Waals surface area contributed by atoms with E-state index in [1.54, 1.807) is 11.3 Å². The highest BCUT2D eigenvalue weighted by Crippen LogP contribution is 2.24. The molecule has 0 radical (unpaired) electrons. The number of morpholine rings is 1. The first kappa shape index (κ1) is 13.7. The molecule has 0 saturated carbocycles. The van der Waals surface area contributed by atoms with E-state index in [1.165, 1.54) is 0 Å². The highest BCUT2D eigenvalue weighted by atomic mass is 32.1. The molecule has 0 N–H and O–H groups in total. The van der Waals surface area contributed by atoms with Gasteiger partial charge in [-0.1, -0.05) is 11.2 Å². The molecule has 2 aromatic heterocycles. The van der Waals surface area contributed by atoms with Gasteiger partial charge in [-0.3, -0.25) is 4.90 Å². The summed E-state index contributed by atoms with van der Waals surface area (Å²) in [6, 6.07) is 3.99. The number of hydrogen-bond donors (Lipinski definition) is 0. The summed E-state index contributed by atoms with van der Waals surface area (Å²) in [5, 5.41) is 6.06. The monoisotopic (exact) mass is 293 g/mol. The molecule has 0 amide bonds. The summed E-state index contributed by atoms with van der Waals surface area (Å²) in [6.45, 7) is 8.75. The summed E-state index contributed by atoms with van der Waals surface area (Å²) in [6.07, 6.45) is 0.221. The Morgan fingerprint density at radius 1 is 1.50 bits per heavy atom. The molecule has 20 heavy (non-hydrogen) atoms. The highest BCUT2D eigenvalue weighted by Gasteiger charge is 2.32. The highest BCUT2D eigenvalue weighted by molar-refractivity contribution is 7.13. The molecule has 0 bridgehead atoms. The van der Waals surface area contributed by atoms with E-state index in [0.29, 0.717) is 18.3 Å². The van der Waals surface area contributed by atoms with Gasteiger partial charge in [-0.15, -0.1) is 11.3 Å². The summed E-state index contributed by atoms with van der Waals surface area (Å²) >= 11 is 1.62. The Hall–Kier alpha value is -1.24. The minimum absolute atomic E-state index is 0.131. The zero-order chi connectivity index (χ0) is 14.2. The van der Waals surface area contributed by atoms with Crippen molar-refractivity contribution in [1.29, 1.82) is 0 Å². The molecule has 1 unspecified atom stereocenters. The second kappa shape index (κ2) is 5.27. The Bertz CT molecular complexity index is 565. The molecule has 1 fully saturated rings. The normalized spacial score (nSPS) is 23.1. The molecule has 3 heterocycles. The zero-order valence-corrected chi connectivity index (χ0v) is 12.8. The number of rotatable bonds is 3. The van der Waals surface area contributed by atoms with E-state index < -0.39 is 0 Å². The minimum Gasteiger partial charge on any atom is -0.370 e. The van der Waals surface area contributed by atoms with Gasteiger partial charge in [0, 0.05) is 13.1 Å². The van der Waals surface area contributed by atoms with Gasteiger partial charge >= 0.3 is 0 Å². The van der Waals surface area contributed by atoms with Crippen molar-refractivity contribution in [1.82, 2.24) is 15.0 Å². The fraction of sp³-hybridized carbons (Fsp3) is 0.571. The molecule has 3 rings (SSSR count). The van der Waals surface area contributed by atoms with Crippen molar-refractivity contribution in [2.75, 3.05) is 13.1 Å². The van der Waals surface area contributed by atoms with Crippen LogP contribution in [0.2, 0.25) is 0 Å². The molecule has 108 valence electrons. The van der Waals surface area contributed by atoms with E-state index in [1.807, 2.05) is 17.5 Å². The Labute approximate surface area is 122 Å². The number of aromatic nitrogens is 2. The van der Waals surface area contributed by atoms with Gasteiger partial charge in [0.2, 0.25) is 11.7 Å². The molecule has 0 aliphatic carbocycles. The Morgan fingerprint density at radius 3 is 3.05 bits per heavy atom. The third kappa shape index (κ3) is 3.08. The third-order valence-electron chi connectivity index (χ3n) is 3.21. The predicted octanol–water partition coefficient (Wildman–Crippen LogP) is 2.80. The molecule has 6 heteroatoms. The van der Waals surface area contributed by atoms with E-state index in [0.717, 1.165) is 18.0 Å². The van der Waals surface area contributed by atoms with Gasteiger partial charge in [0.25, 0.3) is 0 Å². The Morgan fingerprint density at radius 2 is 2.35 bits per heavy atom. The molecule has 1 atom stereocenters. The maximum absolute atomic E-state index is 5.90. The van der Waals surface area contributed by atoms with E-state index >= 15 is 0 Å². The molecule has 1 aliphatic heterocycles. The molecule has 1 saturated heterocycles. The SMILES string of the molecule is CC1CN(Cc2nc(-c3cccs3)no2)CC(C)(C)O1.